The molecule has 6 heteroatoms. The van der Waals surface area contributed by atoms with Gasteiger partial charge in [-0.1, -0.05) is 18.2 Å². The number of ether oxygens (including phenoxy) is 1. The maximum absolute atomic E-state index is 11.9. The van der Waals surface area contributed by atoms with Crippen LogP contribution < -0.4 is 10.1 Å². The van der Waals surface area contributed by atoms with Crippen molar-refractivity contribution in [3.05, 3.63) is 42.5 Å². The summed E-state index contributed by atoms with van der Waals surface area (Å²) in [6.07, 6.45) is 0.601. The highest BCUT2D eigenvalue weighted by Crippen LogP contribution is 2.18. The van der Waals surface area contributed by atoms with Crippen LogP contribution in [0.2, 0.25) is 0 Å². The molecule has 0 fully saturated rings. The van der Waals surface area contributed by atoms with Crippen LogP contribution in [-0.2, 0) is 9.59 Å². The topological polar surface area (TPSA) is 99.4 Å². The molecule has 6 nitrogen and oxygen atoms in total. The largest absolute Gasteiger partial charge is 0.480 e. The summed E-state index contributed by atoms with van der Waals surface area (Å²) in [6.45, 7) is 4.93. The van der Waals surface area contributed by atoms with E-state index in [1.54, 1.807) is 24.3 Å². The third-order valence-electron chi connectivity index (χ3n) is 2.70. The molecule has 1 rings (SSSR count). The number of aliphatic carboxylic acids is 1. The molecule has 0 aliphatic carbocycles. The number of hydrogen-bond acceptors (Lipinski definition) is 4. The summed E-state index contributed by atoms with van der Waals surface area (Å²) in [6, 6.07) is 7.40. The maximum Gasteiger partial charge on any atom is 0.326 e. The van der Waals surface area contributed by atoms with Gasteiger partial charge in [-0.05, 0) is 25.5 Å². The number of benzene rings is 1. The summed E-state index contributed by atoms with van der Waals surface area (Å²) < 4.78 is 5.40. The van der Waals surface area contributed by atoms with Gasteiger partial charge >= 0.3 is 5.97 Å². The zero-order valence-electron chi connectivity index (χ0n) is 11.6. The number of rotatable bonds is 7. The van der Waals surface area contributed by atoms with Crippen molar-refractivity contribution in [3.63, 3.8) is 0 Å². The standard InChI is InChI=1S/C15H16N2O4/c1-3-6-12(15(19)20)17-14(18)10(2)21-13-8-5-4-7-11(13)9-16/h3-5,7-8,10,12H,1,6H2,2H3,(H,17,18)(H,19,20). The highest BCUT2D eigenvalue weighted by Gasteiger charge is 2.23. The van der Waals surface area contributed by atoms with E-state index < -0.39 is 24.0 Å². The van der Waals surface area contributed by atoms with Crippen LogP contribution in [0.5, 0.6) is 5.75 Å². The lowest BCUT2D eigenvalue weighted by atomic mass is 10.2. The van der Waals surface area contributed by atoms with E-state index in [2.05, 4.69) is 11.9 Å². The molecule has 0 aliphatic heterocycles. The molecule has 0 aromatic heterocycles. The Morgan fingerprint density at radius 1 is 1.52 bits per heavy atom. The van der Waals surface area contributed by atoms with Gasteiger partial charge in [0.25, 0.3) is 5.91 Å². The fourth-order valence-corrected chi connectivity index (χ4v) is 1.58. The summed E-state index contributed by atoms with van der Waals surface area (Å²) in [5.74, 6) is -1.44. The molecule has 1 aromatic rings. The van der Waals surface area contributed by atoms with Crippen molar-refractivity contribution in [1.29, 1.82) is 5.26 Å². The van der Waals surface area contributed by atoms with Gasteiger partial charge in [0, 0.05) is 0 Å². The third kappa shape index (κ3) is 4.66. The Labute approximate surface area is 122 Å². The van der Waals surface area contributed by atoms with Crippen molar-refractivity contribution in [3.8, 4) is 11.8 Å². The summed E-state index contributed by atoms with van der Waals surface area (Å²) in [7, 11) is 0. The Morgan fingerprint density at radius 2 is 2.19 bits per heavy atom. The van der Waals surface area contributed by atoms with Crippen LogP contribution in [0.25, 0.3) is 0 Å². The molecule has 21 heavy (non-hydrogen) atoms. The zero-order chi connectivity index (χ0) is 15.8. The predicted molar refractivity (Wildman–Crippen MR) is 75.6 cm³/mol. The maximum atomic E-state index is 11.9. The van der Waals surface area contributed by atoms with E-state index in [1.807, 2.05) is 6.07 Å². The Balaban J connectivity index is 2.72. The van der Waals surface area contributed by atoms with Crippen molar-refractivity contribution in [1.82, 2.24) is 5.32 Å². The normalized spacial score (nSPS) is 12.6. The highest BCUT2D eigenvalue weighted by atomic mass is 16.5. The lowest BCUT2D eigenvalue weighted by Crippen LogP contribution is -2.46. The second kappa shape index (κ2) is 7.70. The van der Waals surface area contributed by atoms with Gasteiger partial charge in [-0.2, -0.15) is 5.26 Å². The van der Waals surface area contributed by atoms with Gasteiger partial charge in [0.2, 0.25) is 0 Å². The monoisotopic (exact) mass is 288 g/mol. The minimum Gasteiger partial charge on any atom is -0.480 e. The first-order chi connectivity index (χ1) is 9.99. The van der Waals surface area contributed by atoms with Gasteiger partial charge in [0.15, 0.2) is 6.10 Å². The van der Waals surface area contributed by atoms with E-state index in [0.717, 1.165) is 0 Å². The first kappa shape index (κ1) is 16.2. The average Bonchev–Trinajstić information content (AvgIpc) is 2.47. The molecule has 2 N–H and O–H groups in total. The van der Waals surface area contributed by atoms with Gasteiger partial charge in [-0.15, -0.1) is 6.58 Å². The summed E-state index contributed by atoms with van der Waals surface area (Å²) in [5, 5.41) is 20.3. The fraction of sp³-hybridized carbons (Fsp3) is 0.267. The van der Waals surface area contributed by atoms with E-state index in [4.69, 9.17) is 15.1 Å². The first-order valence-corrected chi connectivity index (χ1v) is 6.29. The van der Waals surface area contributed by atoms with Crippen LogP contribution in [0.1, 0.15) is 18.9 Å². The van der Waals surface area contributed by atoms with Crippen LogP contribution >= 0.6 is 0 Å². The van der Waals surface area contributed by atoms with E-state index in [1.165, 1.54) is 13.0 Å². The second-order valence-corrected chi connectivity index (χ2v) is 4.29. The number of carbonyl (C=O) groups is 2. The van der Waals surface area contributed by atoms with Gasteiger partial charge < -0.3 is 15.2 Å². The minimum atomic E-state index is -1.15. The van der Waals surface area contributed by atoms with Gasteiger partial charge in [-0.25, -0.2) is 4.79 Å². The summed E-state index contributed by atoms with van der Waals surface area (Å²) in [4.78, 5) is 22.9. The molecule has 0 radical (unpaired) electrons. The van der Waals surface area contributed by atoms with Crippen LogP contribution in [0.4, 0.5) is 0 Å². The molecule has 0 saturated heterocycles. The molecule has 1 aromatic carbocycles. The van der Waals surface area contributed by atoms with E-state index >= 15 is 0 Å². The third-order valence-corrected chi connectivity index (χ3v) is 2.70. The molecule has 0 heterocycles. The molecule has 1 amide bonds. The molecular weight excluding hydrogens is 272 g/mol. The van der Waals surface area contributed by atoms with Crippen molar-refractivity contribution in [2.24, 2.45) is 0 Å². The zero-order valence-corrected chi connectivity index (χ0v) is 11.6. The molecule has 2 unspecified atom stereocenters. The number of carboxylic acid groups (broad SMARTS) is 1. The number of nitrogens with one attached hydrogen (secondary N) is 1. The van der Waals surface area contributed by atoms with E-state index in [9.17, 15) is 9.59 Å². The fourth-order valence-electron chi connectivity index (χ4n) is 1.58. The number of nitrogens with zero attached hydrogens (tertiary/aromatic N) is 1. The quantitative estimate of drug-likeness (QED) is 0.740. The number of para-hydroxylation sites is 1. The van der Waals surface area contributed by atoms with Crippen molar-refractivity contribution in [2.45, 2.75) is 25.5 Å². The van der Waals surface area contributed by atoms with Crippen LogP contribution in [-0.4, -0.2) is 29.1 Å². The molecule has 0 bridgehead atoms. The Kier molecular flexibility index (Phi) is 5.96. The summed E-state index contributed by atoms with van der Waals surface area (Å²) in [5.41, 5.74) is 0.304. The molecule has 2 atom stereocenters. The second-order valence-electron chi connectivity index (χ2n) is 4.29. The number of hydrogen-bond donors (Lipinski definition) is 2. The SMILES string of the molecule is C=CCC(NC(=O)C(C)Oc1ccccc1C#N)C(=O)O. The predicted octanol–water partition coefficient (Wildman–Crippen LogP) is 1.47. The molecule has 0 spiro atoms. The number of carboxylic acids is 1. The lowest BCUT2D eigenvalue weighted by Gasteiger charge is -2.18. The Hall–Kier alpha value is -2.81. The van der Waals surface area contributed by atoms with E-state index in [-0.39, 0.29) is 12.2 Å². The molecule has 0 saturated carbocycles. The molecule has 0 aliphatic rings. The Morgan fingerprint density at radius 3 is 2.76 bits per heavy atom. The van der Waals surface area contributed by atoms with Gasteiger partial charge in [0.1, 0.15) is 17.9 Å². The minimum absolute atomic E-state index is 0.114. The smallest absolute Gasteiger partial charge is 0.326 e. The lowest BCUT2D eigenvalue weighted by molar-refractivity contribution is -0.142. The summed E-state index contributed by atoms with van der Waals surface area (Å²) >= 11 is 0. The number of nitriles is 1. The first-order valence-electron chi connectivity index (χ1n) is 6.29. The Bertz CT molecular complexity index is 577. The molecule has 110 valence electrons. The van der Waals surface area contributed by atoms with Crippen LogP contribution in [0, 0.1) is 11.3 Å². The average molecular weight is 288 g/mol. The van der Waals surface area contributed by atoms with Crippen molar-refractivity contribution < 1.29 is 19.4 Å². The van der Waals surface area contributed by atoms with E-state index in [0.29, 0.717) is 5.56 Å². The van der Waals surface area contributed by atoms with Crippen LogP contribution in [0.15, 0.2) is 36.9 Å². The molecular formula is C15H16N2O4. The highest BCUT2D eigenvalue weighted by molar-refractivity contribution is 5.86. The van der Waals surface area contributed by atoms with Gasteiger partial charge in [0.05, 0.1) is 5.56 Å². The number of carbonyl (C=O) groups excluding carboxylic acids is 1. The van der Waals surface area contributed by atoms with Gasteiger partial charge in [-0.3, -0.25) is 4.79 Å². The van der Waals surface area contributed by atoms with Crippen LogP contribution in [0.3, 0.4) is 0 Å². The van der Waals surface area contributed by atoms with Crippen molar-refractivity contribution in [2.75, 3.05) is 0 Å². The van der Waals surface area contributed by atoms with Crippen molar-refractivity contribution >= 4 is 11.9 Å². The number of amides is 1.